The van der Waals surface area contributed by atoms with Gasteiger partial charge in [0.05, 0.1) is 14.9 Å². The van der Waals surface area contributed by atoms with Crippen LogP contribution < -0.4 is 14.0 Å². The Morgan fingerprint density at radius 2 is 1.88 bits per heavy atom. The van der Waals surface area contributed by atoms with Crippen LogP contribution in [-0.2, 0) is 6.42 Å². The summed E-state index contributed by atoms with van der Waals surface area (Å²) in [5.41, 5.74) is 2.24. The van der Waals surface area contributed by atoms with E-state index in [2.05, 4.69) is 4.98 Å². The second kappa shape index (κ2) is 7.50. The average Bonchev–Trinajstić information content (AvgIpc) is 2.14. The Labute approximate surface area is 95.5 Å². The third kappa shape index (κ3) is 11.3. The first-order valence-electron chi connectivity index (χ1n) is 4.48. The molecular weight excluding hydrogens is 238 g/mol. The zero-order chi connectivity index (χ0) is 12.6. The molecule has 0 aliphatic heterocycles. The topological polar surface area (TPSA) is 123 Å². The monoisotopic (exact) mass is 251 g/mol. The molecule has 2 N–H and O–H groups in total. The van der Waals surface area contributed by atoms with Crippen LogP contribution in [0.15, 0.2) is 18.3 Å². The highest BCUT2D eigenvalue weighted by Gasteiger charge is 1.98. The molecule has 16 heavy (non-hydrogen) atoms. The first kappa shape index (κ1) is 15.2. The summed E-state index contributed by atoms with van der Waals surface area (Å²) in [5.74, 6) is 0. The van der Waals surface area contributed by atoms with Crippen LogP contribution in [0.2, 0.25) is 0 Å². The Hall–Kier alpha value is -0.760. The highest BCUT2D eigenvalue weighted by atomic mass is 35.7. The summed E-state index contributed by atoms with van der Waals surface area (Å²) in [6.07, 6.45) is 3.53. The van der Waals surface area contributed by atoms with Gasteiger partial charge in [0.1, 0.15) is 0 Å². The summed E-state index contributed by atoms with van der Waals surface area (Å²) in [4.78, 5) is 4.20. The minimum atomic E-state index is -4.69. The quantitative estimate of drug-likeness (QED) is 0.598. The molecule has 6 nitrogen and oxygen atoms in total. The van der Waals surface area contributed by atoms with Crippen molar-refractivity contribution >= 4 is 0 Å². The molecule has 0 spiro atoms. The zero-order valence-corrected chi connectivity index (χ0v) is 9.55. The molecule has 92 valence electrons. The minimum Gasteiger partial charge on any atom is -0.396 e. The smallest absolute Gasteiger partial charge is 0.0777 e. The van der Waals surface area contributed by atoms with Gasteiger partial charge in [-0.2, -0.15) is 14.0 Å². The summed E-state index contributed by atoms with van der Waals surface area (Å²) < 4.78 is 32.7. The van der Waals surface area contributed by atoms with E-state index >= 15 is 0 Å². The van der Waals surface area contributed by atoms with Crippen LogP contribution in [0, 0.1) is 17.2 Å². The van der Waals surface area contributed by atoms with Crippen molar-refractivity contribution in [1.29, 1.82) is 0 Å². The van der Waals surface area contributed by atoms with Crippen molar-refractivity contribution in [2.45, 2.75) is 19.8 Å². The number of aliphatic hydroxyl groups is 1. The second-order valence-corrected chi connectivity index (χ2v) is 3.84. The van der Waals surface area contributed by atoms with Gasteiger partial charge in [0.15, 0.2) is 0 Å². The van der Waals surface area contributed by atoms with Crippen molar-refractivity contribution in [3.63, 3.8) is 0 Å². The van der Waals surface area contributed by atoms with E-state index in [1.807, 2.05) is 25.3 Å². The molecular formula is C9H14ClNO5. The van der Waals surface area contributed by atoms with Crippen LogP contribution in [0.3, 0.4) is 0 Å². The van der Waals surface area contributed by atoms with E-state index in [0.29, 0.717) is 0 Å². The normalized spacial score (nSPS) is 10.6. The molecule has 7 heteroatoms. The van der Waals surface area contributed by atoms with Crippen molar-refractivity contribution in [3.8, 4) is 0 Å². The summed E-state index contributed by atoms with van der Waals surface area (Å²) in [6.45, 7) is 2.26. The molecule has 0 amide bonds. The SMILES string of the molecule is Cc1ccc(CCCO)nc1.[O-][Cl+3]([O-])([O-])O. The van der Waals surface area contributed by atoms with Gasteiger partial charge in [-0.3, -0.25) is 4.98 Å². The molecule has 0 saturated carbocycles. The molecule has 0 fully saturated rings. The largest absolute Gasteiger partial charge is 0.396 e. The molecule has 1 rings (SSSR count). The number of aliphatic hydroxyl groups excluding tert-OH is 1. The molecule has 0 aliphatic rings. The van der Waals surface area contributed by atoms with Crippen LogP contribution in [0.4, 0.5) is 0 Å². The number of hydrogen-bond acceptors (Lipinski definition) is 6. The molecule has 0 radical (unpaired) electrons. The fourth-order valence-electron chi connectivity index (χ4n) is 0.906. The van der Waals surface area contributed by atoms with Gasteiger partial charge in [0.2, 0.25) is 0 Å². The number of aryl methyl sites for hydroxylation is 2. The lowest BCUT2D eigenvalue weighted by atomic mass is 10.2. The number of nitrogens with zero attached hydrogens (tertiary/aromatic N) is 1. The number of halogens is 1. The van der Waals surface area contributed by atoms with Crippen molar-refractivity contribution in [2.24, 2.45) is 0 Å². The highest BCUT2D eigenvalue weighted by Crippen LogP contribution is 2.00. The Morgan fingerprint density at radius 1 is 1.31 bits per heavy atom. The Bertz CT molecular complexity index is 279. The van der Waals surface area contributed by atoms with Gasteiger partial charge >= 0.3 is 0 Å². The first-order valence-corrected chi connectivity index (χ1v) is 5.75. The van der Waals surface area contributed by atoms with Crippen molar-refractivity contribution < 1.29 is 34.0 Å². The third-order valence-electron chi connectivity index (χ3n) is 1.56. The fraction of sp³-hybridized carbons (Fsp3) is 0.444. The summed E-state index contributed by atoms with van der Waals surface area (Å²) in [6, 6.07) is 4.05. The van der Waals surface area contributed by atoms with Gasteiger partial charge in [-0.25, -0.2) is 0 Å². The Kier molecular flexibility index (Phi) is 7.15. The molecule has 0 unspecified atom stereocenters. The maximum Gasteiger partial charge on any atom is 0.0777 e. The maximum absolute atomic E-state index is 8.60. The number of rotatable bonds is 3. The van der Waals surface area contributed by atoms with E-state index in [1.54, 1.807) is 0 Å². The molecule has 0 saturated heterocycles. The Morgan fingerprint density at radius 3 is 2.25 bits per heavy atom. The first-order chi connectivity index (χ1) is 7.33. The molecule has 0 bridgehead atoms. The predicted molar refractivity (Wildman–Crippen MR) is 46.6 cm³/mol. The maximum atomic E-state index is 8.60. The average molecular weight is 252 g/mol. The standard InChI is InChI=1S/C9H13NO.ClHO4/c1-8-4-5-9(10-7-8)3-2-6-11;2-1(3,4)5/h4-5,7,11H,2-3,6H2,1H3;(H,2,3,4,5). The Balaban J connectivity index is 0.000000385. The van der Waals surface area contributed by atoms with E-state index in [4.69, 9.17) is 23.7 Å². The molecule has 1 aromatic rings. The molecule has 0 atom stereocenters. The van der Waals surface area contributed by atoms with Gasteiger partial charge in [-0.1, -0.05) is 6.07 Å². The molecule has 1 aromatic heterocycles. The van der Waals surface area contributed by atoms with Crippen LogP contribution in [-0.4, -0.2) is 21.4 Å². The molecule has 0 aliphatic carbocycles. The number of pyridine rings is 1. The summed E-state index contributed by atoms with van der Waals surface area (Å²) in [5, 5.41) is 8.55. The minimum absolute atomic E-state index is 0.246. The highest BCUT2D eigenvalue weighted by molar-refractivity contribution is 5.12. The van der Waals surface area contributed by atoms with E-state index in [0.717, 1.165) is 18.5 Å². The van der Waals surface area contributed by atoms with Crippen molar-refractivity contribution in [3.05, 3.63) is 29.6 Å². The van der Waals surface area contributed by atoms with E-state index in [-0.39, 0.29) is 6.61 Å². The van der Waals surface area contributed by atoms with Crippen molar-refractivity contribution in [2.75, 3.05) is 6.61 Å². The van der Waals surface area contributed by atoms with E-state index in [1.165, 1.54) is 5.56 Å². The second-order valence-electron chi connectivity index (χ2n) is 3.05. The van der Waals surface area contributed by atoms with Gasteiger partial charge in [-0.15, -0.1) is 0 Å². The fourth-order valence-corrected chi connectivity index (χ4v) is 0.906. The van der Waals surface area contributed by atoms with Gasteiger partial charge in [0, 0.05) is 18.5 Å². The number of hydrogen-bond donors (Lipinski definition) is 2. The van der Waals surface area contributed by atoms with Gasteiger partial charge in [-0.05, 0) is 31.4 Å². The van der Waals surface area contributed by atoms with Gasteiger partial charge < -0.3 is 5.11 Å². The van der Waals surface area contributed by atoms with Crippen LogP contribution in [0.1, 0.15) is 17.7 Å². The van der Waals surface area contributed by atoms with Crippen LogP contribution in [0.5, 0.6) is 0 Å². The van der Waals surface area contributed by atoms with E-state index in [9.17, 15) is 0 Å². The third-order valence-corrected chi connectivity index (χ3v) is 1.56. The van der Waals surface area contributed by atoms with E-state index < -0.39 is 10.2 Å². The van der Waals surface area contributed by atoms with Gasteiger partial charge in [0.25, 0.3) is 0 Å². The zero-order valence-electron chi connectivity index (χ0n) is 8.80. The van der Waals surface area contributed by atoms with Crippen LogP contribution in [0.25, 0.3) is 0 Å². The lowest BCUT2D eigenvalue weighted by Crippen LogP contribution is -2.58. The summed E-state index contributed by atoms with van der Waals surface area (Å²) >= 11 is 0. The van der Waals surface area contributed by atoms with Crippen molar-refractivity contribution in [1.82, 2.24) is 4.98 Å². The van der Waals surface area contributed by atoms with Crippen LogP contribution >= 0.6 is 0 Å². The predicted octanol–water partition coefficient (Wildman–Crippen LogP) is -2.81. The number of aromatic nitrogens is 1. The summed E-state index contributed by atoms with van der Waals surface area (Å²) in [7, 11) is -4.69. The molecule has 0 aromatic carbocycles. The molecule has 1 heterocycles. The lowest BCUT2D eigenvalue weighted by molar-refractivity contribution is -1.92. The lowest BCUT2D eigenvalue weighted by Gasteiger charge is -2.03.